The fraction of sp³-hybridized carbons (Fsp3) is 0.481. The van der Waals surface area contributed by atoms with E-state index in [9.17, 15) is 4.79 Å². The molecular formula is C27H37NO3. The molecule has 1 aromatic heterocycles. The lowest BCUT2D eigenvalue weighted by molar-refractivity contribution is -0.134. The van der Waals surface area contributed by atoms with Crippen molar-refractivity contribution in [3.63, 3.8) is 0 Å². The van der Waals surface area contributed by atoms with E-state index in [2.05, 4.69) is 42.2 Å². The number of aromatic nitrogens is 1. The molecule has 4 nitrogen and oxygen atoms in total. The molecule has 0 radical (unpaired) electrons. The molecule has 0 aliphatic heterocycles. The van der Waals surface area contributed by atoms with Crippen molar-refractivity contribution in [3.05, 3.63) is 60.3 Å². The van der Waals surface area contributed by atoms with Crippen molar-refractivity contribution in [1.82, 2.24) is 4.98 Å². The second-order valence-corrected chi connectivity index (χ2v) is 7.79. The summed E-state index contributed by atoms with van der Waals surface area (Å²) in [4.78, 5) is 16.4. The van der Waals surface area contributed by atoms with Crippen LogP contribution >= 0.6 is 0 Å². The predicted octanol–water partition coefficient (Wildman–Crippen LogP) is 6.93. The second-order valence-electron chi connectivity index (χ2n) is 7.79. The molecule has 1 heterocycles. The summed E-state index contributed by atoms with van der Waals surface area (Å²) in [5, 5.41) is 0. The Bertz CT molecular complexity index is 766. The first-order chi connectivity index (χ1) is 15.2. The summed E-state index contributed by atoms with van der Waals surface area (Å²) in [5.41, 5.74) is 3.29. The molecule has 31 heavy (non-hydrogen) atoms. The van der Waals surface area contributed by atoms with Crippen molar-refractivity contribution in [1.29, 1.82) is 0 Å². The number of pyridine rings is 1. The Morgan fingerprint density at radius 1 is 0.968 bits per heavy atom. The number of nitrogens with zero attached hydrogens (tertiary/aromatic N) is 1. The van der Waals surface area contributed by atoms with Crippen LogP contribution in [0.15, 0.2) is 54.7 Å². The molecule has 2 aromatic rings. The normalized spacial score (nSPS) is 11.2. The zero-order chi connectivity index (χ0) is 22.2. The van der Waals surface area contributed by atoms with E-state index in [1.807, 2.05) is 25.1 Å². The summed E-state index contributed by atoms with van der Waals surface area (Å²) in [6, 6.07) is 12.3. The molecule has 2 rings (SSSR count). The molecule has 0 bridgehead atoms. The van der Waals surface area contributed by atoms with E-state index < -0.39 is 0 Å². The number of rotatable bonds is 15. The molecular weight excluding hydrogens is 386 g/mol. The molecule has 1 aromatic carbocycles. The fourth-order valence-electron chi connectivity index (χ4n) is 3.29. The average molecular weight is 424 g/mol. The van der Waals surface area contributed by atoms with E-state index in [1.54, 1.807) is 6.20 Å². The monoisotopic (exact) mass is 423 g/mol. The lowest BCUT2D eigenvalue weighted by atomic mass is 10.0. The van der Waals surface area contributed by atoms with E-state index in [4.69, 9.17) is 9.47 Å². The molecule has 0 saturated carbocycles. The quantitative estimate of drug-likeness (QED) is 0.177. The first kappa shape index (κ1) is 24.8. The Kier molecular flexibility index (Phi) is 12.3. The van der Waals surface area contributed by atoms with Crippen molar-refractivity contribution >= 4 is 5.97 Å². The molecule has 0 unspecified atom stereocenters. The van der Waals surface area contributed by atoms with Gasteiger partial charge in [-0.15, -0.1) is 0 Å². The van der Waals surface area contributed by atoms with Crippen LogP contribution in [0.4, 0.5) is 0 Å². The maximum absolute atomic E-state index is 11.9. The van der Waals surface area contributed by atoms with Gasteiger partial charge in [-0.3, -0.25) is 9.78 Å². The van der Waals surface area contributed by atoms with Gasteiger partial charge in [0.25, 0.3) is 0 Å². The third-order valence-electron chi connectivity index (χ3n) is 5.06. The molecule has 4 heteroatoms. The number of allylic oxidation sites excluding steroid dienone is 2. The minimum atomic E-state index is -0.198. The maximum Gasteiger partial charge on any atom is 0.311 e. The van der Waals surface area contributed by atoms with Crippen molar-refractivity contribution in [2.24, 2.45) is 0 Å². The highest BCUT2D eigenvalue weighted by atomic mass is 16.5. The second kappa shape index (κ2) is 15.4. The van der Waals surface area contributed by atoms with Crippen LogP contribution in [0.25, 0.3) is 11.3 Å². The van der Waals surface area contributed by atoms with Gasteiger partial charge in [-0.05, 0) is 69.6 Å². The topological polar surface area (TPSA) is 48.4 Å². The van der Waals surface area contributed by atoms with Gasteiger partial charge in [-0.2, -0.15) is 0 Å². The zero-order valence-electron chi connectivity index (χ0n) is 19.1. The predicted molar refractivity (Wildman–Crippen MR) is 127 cm³/mol. The van der Waals surface area contributed by atoms with Gasteiger partial charge in [-0.25, -0.2) is 0 Å². The third kappa shape index (κ3) is 10.4. The van der Waals surface area contributed by atoms with Crippen LogP contribution in [0.2, 0.25) is 0 Å². The van der Waals surface area contributed by atoms with Gasteiger partial charge in [0.1, 0.15) is 5.75 Å². The lowest BCUT2D eigenvalue weighted by Gasteiger charge is -2.07. The summed E-state index contributed by atoms with van der Waals surface area (Å²) in [5.74, 6) is 0.304. The number of hydrogen-bond acceptors (Lipinski definition) is 4. The molecule has 0 aliphatic rings. The minimum absolute atomic E-state index is 0.198. The highest BCUT2D eigenvalue weighted by Crippen LogP contribution is 2.21. The van der Waals surface area contributed by atoms with Crippen molar-refractivity contribution in [2.75, 3.05) is 13.2 Å². The molecule has 0 fully saturated rings. The van der Waals surface area contributed by atoms with E-state index in [1.165, 1.54) is 18.4 Å². The number of benzene rings is 1. The largest absolute Gasteiger partial charge is 0.425 e. The Morgan fingerprint density at radius 2 is 1.81 bits per heavy atom. The van der Waals surface area contributed by atoms with Crippen LogP contribution in [-0.2, 0) is 16.0 Å². The van der Waals surface area contributed by atoms with Crippen LogP contribution in [0.3, 0.4) is 0 Å². The molecule has 0 spiro atoms. The summed E-state index contributed by atoms with van der Waals surface area (Å²) in [6.45, 7) is 5.89. The summed E-state index contributed by atoms with van der Waals surface area (Å²) in [6.07, 6.45) is 14.8. The fourth-order valence-corrected chi connectivity index (χ4v) is 3.29. The van der Waals surface area contributed by atoms with Crippen LogP contribution in [0, 0.1) is 0 Å². The highest BCUT2D eigenvalue weighted by molar-refractivity contribution is 5.72. The van der Waals surface area contributed by atoms with E-state index in [-0.39, 0.29) is 5.97 Å². The number of aryl methyl sites for hydroxylation is 1. The average Bonchev–Trinajstić information content (AvgIpc) is 2.79. The van der Waals surface area contributed by atoms with Gasteiger partial charge in [0.05, 0.1) is 11.9 Å². The third-order valence-corrected chi connectivity index (χ3v) is 5.06. The molecule has 0 amide bonds. The van der Waals surface area contributed by atoms with Crippen molar-refractivity contribution in [2.45, 2.75) is 71.6 Å². The summed E-state index contributed by atoms with van der Waals surface area (Å²) in [7, 11) is 0. The summed E-state index contributed by atoms with van der Waals surface area (Å²) < 4.78 is 10.9. The smallest absolute Gasteiger partial charge is 0.311 e. The van der Waals surface area contributed by atoms with E-state index in [0.29, 0.717) is 12.2 Å². The van der Waals surface area contributed by atoms with Gasteiger partial charge in [0.2, 0.25) is 0 Å². The Morgan fingerprint density at radius 3 is 2.52 bits per heavy atom. The van der Waals surface area contributed by atoms with Crippen LogP contribution in [0.1, 0.15) is 70.8 Å². The Balaban J connectivity index is 1.72. The number of ether oxygens (including phenoxy) is 2. The number of carbonyl (C=O) groups is 1. The molecule has 168 valence electrons. The summed E-state index contributed by atoms with van der Waals surface area (Å²) >= 11 is 0. The van der Waals surface area contributed by atoms with Crippen LogP contribution in [0.5, 0.6) is 5.75 Å². The number of carbonyl (C=O) groups excluding carboxylic acids is 1. The zero-order valence-corrected chi connectivity index (χ0v) is 19.1. The lowest BCUT2D eigenvalue weighted by Crippen LogP contribution is -2.07. The molecule has 0 N–H and O–H groups in total. The van der Waals surface area contributed by atoms with Crippen LogP contribution < -0.4 is 4.74 Å². The Labute approximate surface area is 187 Å². The van der Waals surface area contributed by atoms with Crippen molar-refractivity contribution < 1.29 is 14.3 Å². The van der Waals surface area contributed by atoms with Crippen molar-refractivity contribution in [3.8, 4) is 17.0 Å². The molecule has 0 aliphatic carbocycles. The highest BCUT2D eigenvalue weighted by Gasteiger charge is 2.06. The van der Waals surface area contributed by atoms with Gasteiger partial charge in [0, 0.05) is 25.2 Å². The van der Waals surface area contributed by atoms with Gasteiger partial charge >= 0.3 is 5.97 Å². The minimum Gasteiger partial charge on any atom is -0.425 e. The number of unbranched alkanes of at least 4 members (excludes halogenated alkanes) is 4. The standard InChI is InChI=1S/C27H37NO3/c1-3-5-6-7-10-13-27(29)31-25-18-19-26(28-22-25)24-16-14-23(15-17-24)12-9-8-11-21-30-20-4-2/h3,5,14-19,22H,4,6-13,20-21H2,1-2H3. The van der Waals surface area contributed by atoms with Gasteiger partial charge < -0.3 is 9.47 Å². The molecule has 0 saturated heterocycles. The van der Waals surface area contributed by atoms with Crippen LogP contribution in [-0.4, -0.2) is 24.2 Å². The maximum atomic E-state index is 11.9. The van der Waals surface area contributed by atoms with Gasteiger partial charge in [-0.1, -0.05) is 49.8 Å². The molecule has 0 atom stereocenters. The Hall–Kier alpha value is -2.46. The number of esters is 1. The van der Waals surface area contributed by atoms with E-state index >= 15 is 0 Å². The SMILES string of the molecule is CC=CCCCCC(=O)Oc1ccc(-c2ccc(CCCCCOCCC)cc2)nc1. The van der Waals surface area contributed by atoms with Gasteiger partial charge in [0.15, 0.2) is 0 Å². The number of hydrogen-bond donors (Lipinski definition) is 0. The van der Waals surface area contributed by atoms with E-state index in [0.717, 1.165) is 63.0 Å². The first-order valence-corrected chi connectivity index (χ1v) is 11.7. The first-order valence-electron chi connectivity index (χ1n) is 11.7.